The SMILES string of the molecule is CC#CC(=O)NC(C)c1cc(F)ccc1N(C)C. The maximum Gasteiger partial charge on any atom is 0.296 e. The monoisotopic (exact) mass is 248 g/mol. The molecule has 96 valence electrons. The molecular formula is C14H17FN2O. The van der Waals surface area contributed by atoms with Gasteiger partial charge in [0, 0.05) is 25.3 Å². The molecule has 1 rings (SSSR count). The van der Waals surface area contributed by atoms with E-state index in [0.29, 0.717) is 0 Å². The number of rotatable bonds is 3. The minimum Gasteiger partial charge on any atom is -0.377 e. The highest BCUT2D eigenvalue weighted by Gasteiger charge is 2.14. The summed E-state index contributed by atoms with van der Waals surface area (Å²) < 4.78 is 13.3. The maximum atomic E-state index is 13.3. The molecule has 0 heterocycles. The van der Waals surface area contributed by atoms with E-state index in [1.165, 1.54) is 12.1 Å². The fourth-order valence-electron chi connectivity index (χ4n) is 1.70. The van der Waals surface area contributed by atoms with E-state index in [-0.39, 0.29) is 17.8 Å². The number of carbonyl (C=O) groups excluding carboxylic acids is 1. The van der Waals surface area contributed by atoms with Crippen LogP contribution in [0.2, 0.25) is 0 Å². The highest BCUT2D eigenvalue weighted by Crippen LogP contribution is 2.25. The molecule has 0 aliphatic rings. The van der Waals surface area contributed by atoms with Crippen molar-refractivity contribution >= 4 is 11.6 Å². The van der Waals surface area contributed by atoms with Gasteiger partial charge in [-0.1, -0.05) is 5.92 Å². The summed E-state index contributed by atoms with van der Waals surface area (Å²) in [5.74, 6) is 4.25. The van der Waals surface area contributed by atoms with Gasteiger partial charge in [-0.15, -0.1) is 0 Å². The number of benzene rings is 1. The van der Waals surface area contributed by atoms with Gasteiger partial charge >= 0.3 is 0 Å². The standard InChI is InChI=1S/C14H17FN2O/c1-5-6-14(18)16-10(2)12-9-11(15)7-8-13(12)17(3)4/h7-10H,1-4H3,(H,16,18). The molecule has 0 spiro atoms. The lowest BCUT2D eigenvalue weighted by atomic mass is 10.1. The van der Waals surface area contributed by atoms with E-state index in [1.54, 1.807) is 19.9 Å². The molecule has 0 saturated heterocycles. The third kappa shape index (κ3) is 3.49. The van der Waals surface area contributed by atoms with Crippen LogP contribution >= 0.6 is 0 Å². The Morgan fingerprint density at radius 2 is 2.11 bits per heavy atom. The molecule has 1 aromatic rings. The summed E-state index contributed by atoms with van der Waals surface area (Å²) in [7, 11) is 3.74. The number of halogens is 1. The van der Waals surface area contributed by atoms with Gasteiger partial charge in [0.2, 0.25) is 0 Å². The van der Waals surface area contributed by atoms with E-state index in [9.17, 15) is 9.18 Å². The Hall–Kier alpha value is -2.02. The van der Waals surface area contributed by atoms with Crippen LogP contribution in [0.5, 0.6) is 0 Å². The first-order chi connectivity index (χ1) is 8.45. The number of nitrogens with zero attached hydrogens (tertiary/aromatic N) is 1. The van der Waals surface area contributed by atoms with E-state index in [1.807, 2.05) is 19.0 Å². The van der Waals surface area contributed by atoms with Gasteiger partial charge in [0.15, 0.2) is 0 Å². The van der Waals surface area contributed by atoms with Crippen LogP contribution in [-0.4, -0.2) is 20.0 Å². The van der Waals surface area contributed by atoms with Crippen LogP contribution in [0, 0.1) is 17.7 Å². The summed E-state index contributed by atoms with van der Waals surface area (Å²) in [5.41, 5.74) is 1.60. The molecular weight excluding hydrogens is 231 g/mol. The van der Waals surface area contributed by atoms with Crippen molar-refractivity contribution < 1.29 is 9.18 Å². The Kier molecular flexibility index (Phi) is 4.73. The second kappa shape index (κ2) is 6.06. The third-order valence-corrected chi connectivity index (χ3v) is 2.52. The lowest BCUT2D eigenvalue weighted by molar-refractivity contribution is -0.116. The predicted octanol–water partition coefficient (Wildman–Crippen LogP) is 2.09. The normalized spacial score (nSPS) is 11.2. The number of hydrogen-bond donors (Lipinski definition) is 1. The van der Waals surface area contributed by atoms with Crippen LogP contribution in [0.1, 0.15) is 25.5 Å². The molecule has 1 N–H and O–H groups in total. The molecule has 0 fully saturated rings. The third-order valence-electron chi connectivity index (χ3n) is 2.52. The second-order valence-corrected chi connectivity index (χ2v) is 4.17. The zero-order chi connectivity index (χ0) is 13.7. The molecule has 18 heavy (non-hydrogen) atoms. The van der Waals surface area contributed by atoms with E-state index in [4.69, 9.17) is 0 Å². The smallest absolute Gasteiger partial charge is 0.296 e. The molecule has 0 bridgehead atoms. The molecule has 4 heteroatoms. The molecule has 0 aliphatic heterocycles. The maximum absolute atomic E-state index is 13.3. The van der Waals surface area contributed by atoms with Gasteiger partial charge in [0.25, 0.3) is 5.91 Å². The Bertz CT molecular complexity index is 500. The van der Waals surface area contributed by atoms with Crippen molar-refractivity contribution in [1.29, 1.82) is 0 Å². The van der Waals surface area contributed by atoms with Crippen LogP contribution < -0.4 is 10.2 Å². The van der Waals surface area contributed by atoms with E-state index >= 15 is 0 Å². The Labute approximate surface area is 107 Å². The Balaban J connectivity index is 3.02. The van der Waals surface area contributed by atoms with E-state index in [2.05, 4.69) is 17.2 Å². The minimum atomic E-state index is -0.362. The Morgan fingerprint density at radius 1 is 1.44 bits per heavy atom. The van der Waals surface area contributed by atoms with Crippen LogP contribution in [0.4, 0.5) is 10.1 Å². The molecule has 0 radical (unpaired) electrons. The number of hydrogen-bond acceptors (Lipinski definition) is 2. The zero-order valence-corrected chi connectivity index (χ0v) is 11.0. The van der Waals surface area contributed by atoms with Crippen molar-refractivity contribution in [3.05, 3.63) is 29.6 Å². The molecule has 3 nitrogen and oxygen atoms in total. The van der Waals surface area contributed by atoms with Gasteiger partial charge in [-0.05, 0) is 38.0 Å². The van der Waals surface area contributed by atoms with E-state index in [0.717, 1.165) is 11.3 Å². The second-order valence-electron chi connectivity index (χ2n) is 4.17. The molecule has 1 amide bonds. The van der Waals surface area contributed by atoms with Gasteiger partial charge in [0.05, 0.1) is 6.04 Å². The fraction of sp³-hybridized carbons (Fsp3) is 0.357. The van der Waals surface area contributed by atoms with Gasteiger partial charge in [0.1, 0.15) is 5.82 Å². The first-order valence-electron chi connectivity index (χ1n) is 5.65. The highest BCUT2D eigenvalue weighted by atomic mass is 19.1. The largest absolute Gasteiger partial charge is 0.377 e. The van der Waals surface area contributed by atoms with Crippen molar-refractivity contribution in [1.82, 2.24) is 5.32 Å². The quantitative estimate of drug-likeness (QED) is 0.831. The van der Waals surface area contributed by atoms with Crippen LogP contribution in [0.25, 0.3) is 0 Å². The van der Waals surface area contributed by atoms with Gasteiger partial charge in [-0.2, -0.15) is 0 Å². The Morgan fingerprint density at radius 3 is 2.67 bits per heavy atom. The topological polar surface area (TPSA) is 32.3 Å². The zero-order valence-electron chi connectivity index (χ0n) is 11.0. The van der Waals surface area contributed by atoms with Crippen LogP contribution in [-0.2, 0) is 4.79 Å². The summed E-state index contributed by atoms with van der Waals surface area (Å²) in [6, 6.07) is 4.23. The highest BCUT2D eigenvalue weighted by molar-refractivity contribution is 5.93. The summed E-state index contributed by atoms with van der Waals surface area (Å²) in [4.78, 5) is 13.3. The first-order valence-corrected chi connectivity index (χ1v) is 5.65. The van der Waals surface area contributed by atoms with Gasteiger partial charge in [-0.3, -0.25) is 4.79 Å². The van der Waals surface area contributed by atoms with Crippen LogP contribution in [0.15, 0.2) is 18.2 Å². The number of anilines is 1. The minimum absolute atomic E-state index is 0.300. The van der Waals surface area contributed by atoms with Crippen molar-refractivity contribution in [3.8, 4) is 11.8 Å². The molecule has 1 aromatic carbocycles. The average Bonchev–Trinajstić information content (AvgIpc) is 2.28. The predicted molar refractivity (Wildman–Crippen MR) is 70.7 cm³/mol. The van der Waals surface area contributed by atoms with Gasteiger partial charge < -0.3 is 10.2 Å². The lowest BCUT2D eigenvalue weighted by Gasteiger charge is -2.21. The first kappa shape index (κ1) is 14.0. The fourth-order valence-corrected chi connectivity index (χ4v) is 1.70. The van der Waals surface area contributed by atoms with Crippen molar-refractivity contribution in [2.45, 2.75) is 19.9 Å². The molecule has 0 aromatic heterocycles. The lowest BCUT2D eigenvalue weighted by Crippen LogP contribution is -2.26. The number of amides is 1. The number of nitrogens with one attached hydrogen (secondary N) is 1. The summed E-state index contributed by atoms with van der Waals surface area (Å²) in [6.07, 6.45) is 0. The van der Waals surface area contributed by atoms with Crippen molar-refractivity contribution in [2.24, 2.45) is 0 Å². The van der Waals surface area contributed by atoms with Crippen molar-refractivity contribution in [3.63, 3.8) is 0 Å². The van der Waals surface area contributed by atoms with E-state index < -0.39 is 0 Å². The summed E-state index contributed by atoms with van der Waals surface area (Å²) in [6.45, 7) is 3.40. The number of carbonyl (C=O) groups is 1. The van der Waals surface area contributed by atoms with Crippen molar-refractivity contribution in [2.75, 3.05) is 19.0 Å². The van der Waals surface area contributed by atoms with Crippen LogP contribution in [0.3, 0.4) is 0 Å². The van der Waals surface area contributed by atoms with Gasteiger partial charge in [-0.25, -0.2) is 4.39 Å². The molecule has 1 unspecified atom stereocenters. The average molecular weight is 248 g/mol. The molecule has 0 aliphatic carbocycles. The molecule has 0 saturated carbocycles. The summed E-state index contributed by atoms with van der Waals surface area (Å²) >= 11 is 0. The molecule has 1 atom stereocenters. The summed E-state index contributed by atoms with van der Waals surface area (Å²) in [5, 5.41) is 2.71.